The Morgan fingerprint density at radius 2 is 2.17 bits per heavy atom. The van der Waals surface area contributed by atoms with Gasteiger partial charge in [-0.1, -0.05) is 6.42 Å². The van der Waals surface area contributed by atoms with Crippen molar-refractivity contribution in [2.75, 3.05) is 26.2 Å². The van der Waals surface area contributed by atoms with Crippen LogP contribution in [0.25, 0.3) is 0 Å². The fourth-order valence-electron chi connectivity index (χ4n) is 2.67. The van der Waals surface area contributed by atoms with E-state index >= 15 is 0 Å². The number of nitrogens with one attached hydrogen (secondary N) is 2. The van der Waals surface area contributed by atoms with E-state index in [1.807, 2.05) is 0 Å². The molecule has 5 heteroatoms. The molecule has 0 aromatic heterocycles. The van der Waals surface area contributed by atoms with Gasteiger partial charge < -0.3 is 10.6 Å². The lowest BCUT2D eigenvalue weighted by Crippen LogP contribution is -2.45. The largest absolute Gasteiger partial charge is 0.355 e. The van der Waals surface area contributed by atoms with Gasteiger partial charge in [-0.05, 0) is 32.9 Å². The van der Waals surface area contributed by atoms with Crippen LogP contribution in [0.15, 0.2) is 0 Å². The summed E-state index contributed by atoms with van der Waals surface area (Å²) < 4.78 is 0. The van der Waals surface area contributed by atoms with Gasteiger partial charge in [0.15, 0.2) is 0 Å². The fraction of sp³-hybridized carbons (Fsp3) is 0.846. The van der Waals surface area contributed by atoms with E-state index in [1.165, 1.54) is 19.3 Å². The van der Waals surface area contributed by atoms with Crippen LogP contribution in [0.1, 0.15) is 32.6 Å². The summed E-state index contributed by atoms with van der Waals surface area (Å²) >= 11 is 0. The summed E-state index contributed by atoms with van der Waals surface area (Å²) in [6, 6.07) is 0.388. The third-order valence-corrected chi connectivity index (χ3v) is 3.93. The highest BCUT2D eigenvalue weighted by Crippen LogP contribution is 2.12. The molecule has 2 fully saturated rings. The predicted molar refractivity (Wildman–Crippen MR) is 69.0 cm³/mol. The van der Waals surface area contributed by atoms with E-state index in [-0.39, 0.29) is 17.7 Å². The molecule has 2 amide bonds. The van der Waals surface area contributed by atoms with E-state index in [2.05, 4.69) is 22.5 Å². The number of rotatable bonds is 4. The van der Waals surface area contributed by atoms with Crippen molar-refractivity contribution in [3.63, 3.8) is 0 Å². The van der Waals surface area contributed by atoms with Crippen LogP contribution in [0.4, 0.5) is 0 Å². The topological polar surface area (TPSA) is 61.4 Å². The first-order valence-corrected chi connectivity index (χ1v) is 6.95. The molecule has 0 saturated carbocycles. The average Bonchev–Trinajstić information content (AvgIpc) is 2.83. The molecule has 0 spiro atoms. The molecular weight excluding hydrogens is 230 g/mol. The normalized spacial score (nSPS) is 26.7. The summed E-state index contributed by atoms with van der Waals surface area (Å²) in [7, 11) is 0. The minimum Gasteiger partial charge on any atom is -0.355 e. The summed E-state index contributed by atoms with van der Waals surface area (Å²) in [6.45, 7) is 5.61. The molecule has 0 bridgehead atoms. The Morgan fingerprint density at radius 1 is 1.44 bits per heavy atom. The van der Waals surface area contributed by atoms with Crippen LogP contribution in [-0.4, -0.2) is 48.9 Å². The molecule has 2 unspecified atom stereocenters. The third-order valence-electron chi connectivity index (χ3n) is 3.93. The van der Waals surface area contributed by atoms with Crippen molar-refractivity contribution in [3.8, 4) is 0 Å². The maximum atomic E-state index is 11.9. The molecule has 102 valence electrons. The molecule has 2 atom stereocenters. The number of hydrogen-bond donors (Lipinski definition) is 2. The van der Waals surface area contributed by atoms with E-state index in [1.54, 1.807) is 0 Å². The Kier molecular flexibility index (Phi) is 4.58. The second-order valence-electron chi connectivity index (χ2n) is 5.40. The Balaban J connectivity index is 1.70. The molecule has 0 aliphatic carbocycles. The number of hydrogen-bond acceptors (Lipinski definition) is 3. The van der Waals surface area contributed by atoms with Crippen LogP contribution >= 0.6 is 0 Å². The molecule has 2 saturated heterocycles. The van der Waals surface area contributed by atoms with Gasteiger partial charge >= 0.3 is 0 Å². The van der Waals surface area contributed by atoms with Crippen molar-refractivity contribution >= 4 is 11.8 Å². The molecule has 0 aromatic carbocycles. The van der Waals surface area contributed by atoms with E-state index in [0.29, 0.717) is 25.6 Å². The van der Waals surface area contributed by atoms with Crippen molar-refractivity contribution in [1.29, 1.82) is 0 Å². The van der Waals surface area contributed by atoms with Crippen molar-refractivity contribution < 1.29 is 9.59 Å². The quantitative estimate of drug-likeness (QED) is 0.748. The summed E-state index contributed by atoms with van der Waals surface area (Å²) in [5.74, 6) is -0.178. The minimum absolute atomic E-state index is 0.0113. The lowest BCUT2D eigenvalue weighted by molar-refractivity contribution is -0.126. The predicted octanol–water partition coefficient (Wildman–Crippen LogP) is 0.113. The van der Waals surface area contributed by atoms with Crippen LogP contribution in [0.3, 0.4) is 0 Å². The molecular formula is C13H23N3O2. The van der Waals surface area contributed by atoms with Crippen molar-refractivity contribution in [3.05, 3.63) is 0 Å². The van der Waals surface area contributed by atoms with Crippen molar-refractivity contribution in [2.45, 2.75) is 38.6 Å². The number of carbonyl (C=O) groups excluding carboxylic acids is 2. The van der Waals surface area contributed by atoms with Crippen LogP contribution in [0, 0.1) is 5.92 Å². The first-order chi connectivity index (χ1) is 8.66. The lowest BCUT2D eigenvalue weighted by atomic mass is 10.1. The van der Waals surface area contributed by atoms with Gasteiger partial charge in [0.05, 0.1) is 5.92 Å². The van der Waals surface area contributed by atoms with Gasteiger partial charge in [-0.3, -0.25) is 14.5 Å². The number of amides is 2. The van der Waals surface area contributed by atoms with Crippen LogP contribution in [-0.2, 0) is 9.59 Å². The highest BCUT2D eigenvalue weighted by Gasteiger charge is 2.28. The van der Waals surface area contributed by atoms with Gasteiger partial charge in [-0.2, -0.15) is 0 Å². The van der Waals surface area contributed by atoms with Gasteiger partial charge in [-0.15, -0.1) is 0 Å². The summed E-state index contributed by atoms with van der Waals surface area (Å²) in [4.78, 5) is 25.3. The first-order valence-electron chi connectivity index (χ1n) is 6.95. The van der Waals surface area contributed by atoms with Crippen molar-refractivity contribution in [2.24, 2.45) is 5.92 Å². The number of nitrogens with zero attached hydrogens (tertiary/aromatic N) is 1. The summed E-state index contributed by atoms with van der Waals surface area (Å²) in [5, 5.41) is 5.66. The highest BCUT2D eigenvalue weighted by atomic mass is 16.2. The number of carbonyl (C=O) groups is 2. The van der Waals surface area contributed by atoms with E-state index in [9.17, 15) is 9.59 Å². The molecule has 2 aliphatic heterocycles. The standard InChI is InChI=1S/C13H23N3O2/c1-10(16-5-3-2-4-6-16)8-15-13(18)11-7-12(17)14-9-11/h10-11H,2-9H2,1H3,(H,14,17)(H,15,18). The second-order valence-corrected chi connectivity index (χ2v) is 5.40. The zero-order valence-corrected chi connectivity index (χ0v) is 11.1. The summed E-state index contributed by atoms with van der Waals surface area (Å²) in [5.41, 5.74) is 0. The van der Waals surface area contributed by atoms with Gasteiger partial charge in [0.2, 0.25) is 11.8 Å². The monoisotopic (exact) mass is 253 g/mol. The van der Waals surface area contributed by atoms with E-state index in [0.717, 1.165) is 13.1 Å². The average molecular weight is 253 g/mol. The van der Waals surface area contributed by atoms with Crippen LogP contribution in [0.2, 0.25) is 0 Å². The first kappa shape index (κ1) is 13.3. The maximum absolute atomic E-state index is 11.9. The van der Waals surface area contributed by atoms with Gasteiger partial charge in [0.1, 0.15) is 0 Å². The molecule has 5 nitrogen and oxygen atoms in total. The van der Waals surface area contributed by atoms with Gasteiger partial charge in [-0.25, -0.2) is 0 Å². The Bertz CT molecular complexity index is 313. The third kappa shape index (κ3) is 3.45. The van der Waals surface area contributed by atoms with Gasteiger partial charge in [0.25, 0.3) is 0 Å². The van der Waals surface area contributed by atoms with Crippen LogP contribution in [0.5, 0.6) is 0 Å². The maximum Gasteiger partial charge on any atom is 0.225 e. The lowest BCUT2D eigenvalue weighted by Gasteiger charge is -2.32. The fourth-order valence-corrected chi connectivity index (χ4v) is 2.67. The van der Waals surface area contributed by atoms with E-state index in [4.69, 9.17) is 0 Å². The number of likely N-dealkylation sites (tertiary alicyclic amines) is 1. The Hall–Kier alpha value is -1.10. The van der Waals surface area contributed by atoms with Crippen molar-refractivity contribution in [1.82, 2.24) is 15.5 Å². The highest BCUT2D eigenvalue weighted by molar-refractivity contribution is 5.89. The zero-order valence-electron chi connectivity index (χ0n) is 11.1. The smallest absolute Gasteiger partial charge is 0.225 e. The number of piperidine rings is 1. The summed E-state index contributed by atoms with van der Waals surface area (Å²) in [6.07, 6.45) is 4.19. The molecule has 2 N–H and O–H groups in total. The molecule has 0 radical (unpaired) electrons. The SMILES string of the molecule is CC(CNC(=O)C1CNC(=O)C1)N1CCCCC1. The van der Waals surface area contributed by atoms with E-state index < -0.39 is 0 Å². The molecule has 0 aromatic rings. The second kappa shape index (κ2) is 6.18. The molecule has 2 rings (SSSR count). The Labute approximate surface area is 108 Å². The minimum atomic E-state index is -0.175. The Morgan fingerprint density at radius 3 is 2.78 bits per heavy atom. The molecule has 18 heavy (non-hydrogen) atoms. The molecule has 2 heterocycles. The zero-order chi connectivity index (χ0) is 13.0. The molecule has 2 aliphatic rings. The van der Waals surface area contributed by atoms with Crippen LogP contribution < -0.4 is 10.6 Å². The van der Waals surface area contributed by atoms with Gasteiger partial charge in [0, 0.05) is 25.6 Å².